The van der Waals surface area contributed by atoms with Gasteiger partial charge in [-0.05, 0) is 35.9 Å². The van der Waals surface area contributed by atoms with E-state index in [1.54, 1.807) is 37.4 Å². The lowest BCUT2D eigenvalue weighted by Crippen LogP contribution is -2.22. The first-order chi connectivity index (χ1) is 10.6. The molecule has 0 bridgehead atoms. The van der Waals surface area contributed by atoms with Crippen LogP contribution in [0.5, 0.6) is 5.75 Å². The molecule has 2 aromatic carbocycles. The summed E-state index contributed by atoms with van der Waals surface area (Å²) in [5.74, 6) is 0.880. The summed E-state index contributed by atoms with van der Waals surface area (Å²) in [5.41, 5.74) is 8.16. The van der Waals surface area contributed by atoms with Gasteiger partial charge in [-0.15, -0.1) is 24.0 Å². The van der Waals surface area contributed by atoms with Gasteiger partial charge in [-0.25, -0.2) is 4.99 Å². The quantitative estimate of drug-likeness (QED) is 0.429. The molecule has 5 nitrogen and oxygen atoms in total. The summed E-state index contributed by atoms with van der Waals surface area (Å²) in [6.45, 7) is 0.425. The molecule has 0 heterocycles. The number of anilines is 1. The first-order valence-corrected chi connectivity index (χ1v) is 6.89. The Hall–Kier alpha value is -1.98. The molecular formula is C16H16ClIN4O. The molecule has 0 saturated carbocycles. The fraction of sp³-hybridized carbons (Fsp3) is 0.125. The van der Waals surface area contributed by atoms with Gasteiger partial charge in [0.1, 0.15) is 5.75 Å². The number of benzene rings is 2. The van der Waals surface area contributed by atoms with Crippen molar-refractivity contribution >= 4 is 47.2 Å². The van der Waals surface area contributed by atoms with Crippen LogP contribution in [-0.2, 0) is 6.54 Å². The lowest BCUT2D eigenvalue weighted by atomic mass is 10.1. The zero-order valence-corrected chi connectivity index (χ0v) is 15.5. The molecule has 0 spiro atoms. The van der Waals surface area contributed by atoms with Gasteiger partial charge in [-0.3, -0.25) is 0 Å². The number of hydrogen-bond acceptors (Lipinski definition) is 3. The summed E-state index contributed by atoms with van der Waals surface area (Å²) in [6, 6.07) is 14.5. The summed E-state index contributed by atoms with van der Waals surface area (Å²) in [4.78, 5) is 4.24. The Kier molecular flexibility index (Phi) is 7.65. The summed E-state index contributed by atoms with van der Waals surface area (Å²) in [5, 5.41) is 12.2. The Morgan fingerprint density at radius 3 is 2.57 bits per heavy atom. The highest BCUT2D eigenvalue weighted by molar-refractivity contribution is 14.0. The SMILES string of the molecule is COc1ccc(NC(N)=NCc2ccc(C#N)cc2)cc1Cl.I. The monoisotopic (exact) mass is 442 g/mol. The van der Waals surface area contributed by atoms with Gasteiger partial charge in [-0.1, -0.05) is 23.7 Å². The molecular weight excluding hydrogens is 427 g/mol. The molecule has 0 fully saturated rings. The number of hydrogen-bond donors (Lipinski definition) is 2. The van der Waals surface area contributed by atoms with E-state index in [1.807, 2.05) is 12.1 Å². The van der Waals surface area contributed by atoms with Crippen molar-refractivity contribution in [2.75, 3.05) is 12.4 Å². The number of nitrogens with two attached hydrogens (primary N) is 1. The van der Waals surface area contributed by atoms with Crippen LogP contribution in [0.25, 0.3) is 0 Å². The smallest absolute Gasteiger partial charge is 0.193 e. The van der Waals surface area contributed by atoms with Crippen LogP contribution in [0.3, 0.4) is 0 Å². The van der Waals surface area contributed by atoms with Gasteiger partial charge >= 0.3 is 0 Å². The summed E-state index contributed by atoms with van der Waals surface area (Å²) in [7, 11) is 1.56. The average Bonchev–Trinajstić information content (AvgIpc) is 2.53. The van der Waals surface area contributed by atoms with Crippen molar-refractivity contribution in [3.05, 3.63) is 58.6 Å². The highest BCUT2D eigenvalue weighted by Gasteiger charge is 2.02. The number of rotatable bonds is 4. The van der Waals surface area contributed by atoms with Crippen LogP contribution in [0.4, 0.5) is 5.69 Å². The average molecular weight is 443 g/mol. The largest absolute Gasteiger partial charge is 0.495 e. The summed E-state index contributed by atoms with van der Waals surface area (Å²) >= 11 is 6.04. The maximum atomic E-state index is 8.74. The fourth-order valence-electron chi connectivity index (χ4n) is 1.79. The van der Waals surface area contributed by atoms with Crippen molar-refractivity contribution in [2.24, 2.45) is 10.7 Å². The van der Waals surface area contributed by atoms with E-state index in [0.717, 1.165) is 11.3 Å². The predicted molar refractivity (Wildman–Crippen MR) is 104 cm³/mol. The Labute approximate surface area is 157 Å². The maximum absolute atomic E-state index is 8.74. The topological polar surface area (TPSA) is 83.4 Å². The van der Waals surface area contributed by atoms with Gasteiger partial charge in [0, 0.05) is 5.69 Å². The van der Waals surface area contributed by atoms with Crippen LogP contribution in [0, 0.1) is 11.3 Å². The van der Waals surface area contributed by atoms with Crippen molar-refractivity contribution in [2.45, 2.75) is 6.54 Å². The highest BCUT2D eigenvalue weighted by Crippen LogP contribution is 2.27. The van der Waals surface area contributed by atoms with E-state index in [0.29, 0.717) is 22.9 Å². The van der Waals surface area contributed by atoms with E-state index in [-0.39, 0.29) is 29.9 Å². The first-order valence-electron chi connectivity index (χ1n) is 6.52. The highest BCUT2D eigenvalue weighted by atomic mass is 127. The Balaban J connectivity index is 0.00000264. The minimum atomic E-state index is 0. The molecule has 0 atom stereocenters. The van der Waals surface area contributed by atoms with Gasteiger partial charge in [0.25, 0.3) is 0 Å². The molecule has 0 aliphatic heterocycles. The van der Waals surface area contributed by atoms with Crippen LogP contribution in [0.15, 0.2) is 47.5 Å². The number of halogens is 2. The van der Waals surface area contributed by atoms with E-state index < -0.39 is 0 Å². The molecule has 0 aliphatic rings. The second-order valence-electron chi connectivity index (χ2n) is 4.48. The van der Waals surface area contributed by atoms with E-state index in [2.05, 4.69) is 16.4 Å². The number of nitrogens with one attached hydrogen (secondary N) is 1. The molecule has 0 saturated heterocycles. The van der Waals surface area contributed by atoms with Crippen molar-refractivity contribution in [3.63, 3.8) is 0 Å². The second-order valence-corrected chi connectivity index (χ2v) is 4.89. The molecule has 7 heteroatoms. The number of guanidine groups is 1. The van der Waals surface area contributed by atoms with Gasteiger partial charge in [0.15, 0.2) is 5.96 Å². The van der Waals surface area contributed by atoms with E-state index in [9.17, 15) is 0 Å². The summed E-state index contributed by atoms with van der Waals surface area (Å²) < 4.78 is 5.09. The zero-order chi connectivity index (χ0) is 15.9. The second kappa shape index (κ2) is 9.22. The van der Waals surface area contributed by atoms with Gasteiger partial charge in [0.05, 0.1) is 30.3 Å². The molecule has 120 valence electrons. The third-order valence-corrected chi connectivity index (χ3v) is 3.23. The number of aliphatic imine (C=N–C) groups is 1. The van der Waals surface area contributed by atoms with Crippen molar-refractivity contribution in [1.29, 1.82) is 5.26 Å². The minimum absolute atomic E-state index is 0. The Bertz CT molecular complexity index is 726. The van der Waals surface area contributed by atoms with Crippen LogP contribution >= 0.6 is 35.6 Å². The molecule has 0 aromatic heterocycles. The van der Waals surface area contributed by atoms with Crippen LogP contribution in [-0.4, -0.2) is 13.1 Å². The van der Waals surface area contributed by atoms with Crippen molar-refractivity contribution in [1.82, 2.24) is 0 Å². The number of nitriles is 1. The van der Waals surface area contributed by atoms with Gasteiger partial charge < -0.3 is 15.8 Å². The van der Waals surface area contributed by atoms with Crippen molar-refractivity contribution < 1.29 is 4.74 Å². The number of methoxy groups -OCH3 is 1. The third kappa shape index (κ3) is 5.62. The predicted octanol–water partition coefficient (Wildman–Crippen LogP) is 3.77. The first kappa shape index (κ1) is 19.1. The Morgan fingerprint density at radius 2 is 2.00 bits per heavy atom. The molecule has 2 aromatic rings. The molecule has 0 amide bonds. The number of ether oxygens (including phenoxy) is 1. The lowest BCUT2D eigenvalue weighted by molar-refractivity contribution is 0.415. The molecule has 2 rings (SSSR count). The standard InChI is InChI=1S/C16H15ClN4O.HI/c1-22-15-7-6-13(8-14(15)17)21-16(19)20-10-12-4-2-11(9-18)3-5-12;/h2-8H,10H2,1H3,(H3,19,20,21);1H. The van der Waals surface area contributed by atoms with Crippen LogP contribution in [0.2, 0.25) is 5.02 Å². The normalized spacial score (nSPS) is 10.4. The van der Waals surface area contributed by atoms with E-state index >= 15 is 0 Å². The maximum Gasteiger partial charge on any atom is 0.193 e. The molecule has 3 N–H and O–H groups in total. The fourth-order valence-corrected chi connectivity index (χ4v) is 2.05. The lowest BCUT2D eigenvalue weighted by Gasteiger charge is -2.08. The van der Waals surface area contributed by atoms with Crippen LogP contribution < -0.4 is 15.8 Å². The van der Waals surface area contributed by atoms with E-state index in [4.69, 9.17) is 27.3 Å². The molecule has 23 heavy (non-hydrogen) atoms. The van der Waals surface area contributed by atoms with Crippen LogP contribution in [0.1, 0.15) is 11.1 Å². The zero-order valence-electron chi connectivity index (χ0n) is 12.4. The third-order valence-electron chi connectivity index (χ3n) is 2.94. The minimum Gasteiger partial charge on any atom is -0.495 e. The summed E-state index contributed by atoms with van der Waals surface area (Å²) in [6.07, 6.45) is 0. The molecule has 0 unspecified atom stereocenters. The number of nitrogens with zero attached hydrogens (tertiary/aromatic N) is 2. The molecule has 0 aliphatic carbocycles. The van der Waals surface area contributed by atoms with E-state index in [1.165, 1.54) is 0 Å². The molecule has 0 radical (unpaired) electrons. The van der Waals surface area contributed by atoms with Gasteiger partial charge in [0.2, 0.25) is 0 Å². The van der Waals surface area contributed by atoms with Crippen molar-refractivity contribution in [3.8, 4) is 11.8 Å². The van der Waals surface area contributed by atoms with Gasteiger partial charge in [-0.2, -0.15) is 5.26 Å². The Morgan fingerprint density at radius 1 is 1.30 bits per heavy atom.